The number of para-hydroxylation sites is 2. The minimum absolute atomic E-state index is 0.318. The SMILES string of the molecule is CC1(C)c2cc(-c3cc4c(-c5ccccc5)c(-c5ccccc5)n(-c5ccc6ccccc6c5)c4c4ccccc34)ccc2-c2ccc(N(c3ccc(-c4ccccc4)cc3)c3ccc4c(c3)c3ccccc3n4-c3ccccc3)cc21. The quantitative estimate of drug-likeness (QED) is 0.140. The minimum Gasteiger partial charge on any atom is -0.310 e. The van der Waals surface area contributed by atoms with Crippen molar-refractivity contribution in [3.63, 3.8) is 0 Å². The highest BCUT2D eigenvalue weighted by molar-refractivity contribution is 6.20. The predicted molar refractivity (Wildman–Crippen MR) is 347 cm³/mol. The molecule has 0 fully saturated rings. The highest BCUT2D eigenvalue weighted by Gasteiger charge is 2.37. The van der Waals surface area contributed by atoms with Crippen molar-refractivity contribution in [3.8, 4) is 67.1 Å². The molecule has 0 radical (unpaired) electrons. The Morgan fingerprint density at radius 2 is 0.829 bits per heavy atom. The lowest BCUT2D eigenvalue weighted by atomic mass is 9.81. The smallest absolute Gasteiger partial charge is 0.0620 e. The number of hydrogen-bond acceptors (Lipinski definition) is 1. The van der Waals surface area contributed by atoms with Crippen LogP contribution in [0.3, 0.4) is 0 Å². The maximum absolute atomic E-state index is 2.54. The first-order chi connectivity index (χ1) is 40.4. The van der Waals surface area contributed by atoms with Gasteiger partial charge in [0.15, 0.2) is 0 Å². The Bertz CT molecular complexity index is 4970. The van der Waals surface area contributed by atoms with Crippen LogP contribution in [0.4, 0.5) is 17.1 Å². The maximum atomic E-state index is 2.54. The molecule has 0 aliphatic heterocycles. The molecule has 0 N–H and O–H groups in total. The average Bonchev–Trinajstić information content (AvgIpc) is 3.93. The van der Waals surface area contributed by atoms with Gasteiger partial charge in [-0.05, 0) is 157 Å². The van der Waals surface area contributed by atoms with Crippen molar-refractivity contribution < 1.29 is 0 Å². The molecule has 13 aromatic carbocycles. The molecule has 386 valence electrons. The van der Waals surface area contributed by atoms with Crippen LogP contribution in [0.15, 0.2) is 297 Å². The van der Waals surface area contributed by atoms with Crippen molar-refractivity contribution in [2.75, 3.05) is 4.90 Å². The molecule has 1 aliphatic carbocycles. The summed E-state index contributed by atoms with van der Waals surface area (Å²) in [5.41, 5.74) is 23.7. The van der Waals surface area contributed by atoms with Gasteiger partial charge in [-0.25, -0.2) is 0 Å². The molecule has 82 heavy (non-hydrogen) atoms. The second-order valence-corrected chi connectivity index (χ2v) is 22.4. The van der Waals surface area contributed by atoms with Crippen LogP contribution in [-0.2, 0) is 5.41 Å². The molecular weight excluding hydrogens is 991 g/mol. The molecule has 0 atom stereocenters. The minimum atomic E-state index is -0.318. The predicted octanol–water partition coefficient (Wildman–Crippen LogP) is 21.5. The Morgan fingerprint density at radius 1 is 0.293 bits per heavy atom. The molecule has 0 bridgehead atoms. The summed E-state index contributed by atoms with van der Waals surface area (Å²) in [4.78, 5) is 2.45. The highest BCUT2D eigenvalue weighted by Crippen LogP contribution is 2.54. The van der Waals surface area contributed by atoms with Crippen LogP contribution in [-0.4, -0.2) is 9.13 Å². The van der Waals surface area contributed by atoms with E-state index in [0.717, 1.165) is 28.4 Å². The van der Waals surface area contributed by atoms with E-state index in [1.807, 2.05) is 0 Å². The van der Waals surface area contributed by atoms with Crippen LogP contribution in [0.2, 0.25) is 0 Å². The number of rotatable bonds is 9. The number of aromatic nitrogens is 2. The Kier molecular flexibility index (Phi) is 10.9. The molecule has 0 amide bonds. The maximum Gasteiger partial charge on any atom is 0.0620 e. The van der Waals surface area contributed by atoms with Crippen LogP contribution in [0, 0.1) is 0 Å². The van der Waals surface area contributed by atoms with Gasteiger partial charge in [0.25, 0.3) is 0 Å². The van der Waals surface area contributed by atoms with E-state index in [9.17, 15) is 0 Å². The summed E-state index contributed by atoms with van der Waals surface area (Å²) in [6.07, 6.45) is 0. The Morgan fingerprint density at radius 3 is 1.57 bits per heavy atom. The van der Waals surface area contributed by atoms with Crippen molar-refractivity contribution >= 4 is 71.3 Å². The van der Waals surface area contributed by atoms with Crippen LogP contribution in [0.25, 0.3) is 121 Å². The fourth-order valence-corrected chi connectivity index (χ4v) is 13.6. The van der Waals surface area contributed by atoms with Gasteiger partial charge >= 0.3 is 0 Å². The van der Waals surface area contributed by atoms with E-state index in [0.29, 0.717) is 0 Å². The fourth-order valence-electron chi connectivity index (χ4n) is 13.6. The summed E-state index contributed by atoms with van der Waals surface area (Å²) in [5, 5.41) is 8.55. The van der Waals surface area contributed by atoms with Crippen molar-refractivity contribution in [1.29, 1.82) is 0 Å². The van der Waals surface area contributed by atoms with Crippen molar-refractivity contribution in [1.82, 2.24) is 9.13 Å². The van der Waals surface area contributed by atoms with Gasteiger partial charge in [0, 0.05) is 61.0 Å². The van der Waals surface area contributed by atoms with E-state index in [1.165, 1.54) is 121 Å². The normalized spacial score (nSPS) is 12.6. The van der Waals surface area contributed by atoms with Gasteiger partial charge in [0.1, 0.15) is 0 Å². The second kappa shape index (κ2) is 18.8. The Hall–Kier alpha value is -10.5. The largest absolute Gasteiger partial charge is 0.310 e. The molecule has 3 heteroatoms. The van der Waals surface area contributed by atoms with Crippen LogP contribution in [0.1, 0.15) is 25.0 Å². The van der Waals surface area contributed by atoms with Crippen molar-refractivity contribution in [2.24, 2.45) is 0 Å². The van der Waals surface area contributed by atoms with Crippen LogP contribution >= 0.6 is 0 Å². The molecule has 1 aliphatic rings. The third-order valence-electron chi connectivity index (χ3n) is 17.5. The van der Waals surface area contributed by atoms with E-state index in [-0.39, 0.29) is 5.41 Å². The molecule has 2 heterocycles. The molecule has 0 saturated heterocycles. The summed E-state index contributed by atoms with van der Waals surface area (Å²) < 4.78 is 4.93. The highest BCUT2D eigenvalue weighted by atomic mass is 15.1. The summed E-state index contributed by atoms with van der Waals surface area (Å²) in [7, 11) is 0. The number of benzene rings is 13. The molecule has 15 aromatic rings. The van der Waals surface area contributed by atoms with Crippen LogP contribution < -0.4 is 4.90 Å². The van der Waals surface area contributed by atoms with E-state index < -0.39 is 0 Å². The topological polar surface area (TPSA) is 13.1 Å². The standard InChI is InChI=1S/C79H55N3/c1-79(2)72-48-58(69-51-71-76(55-24-9-4-10-25-55)77(56-26-11-5-12-27-56)82(78(71)68-33-18-17-31-64(68)69)61-41-37-53-23-15-16-28-57(53)47-61)38-44-65(72)66-45-42-63(50-73(66)79)80(60-39-35-54(36-40-60)52-21-7-3-8-22-52)62-43-46-75-70(49-62)67-32-19-20-34-74(67)81(75)59-29-13-6-14-30-59/h3-51H,1-2H3. The Balaban J connectivity index is 0.863. The summed E-state index contributed by atoms with van der Waals surface area (Å²) >= 11 is 0. The average molecular weight is 1050 g/mol. The van der Waals surface area contributed by atoms with Crippen molar-refractivity contribution in [3.05, 3.63) is 308 Å². The molecule has 2 aromatic heterocycles. The molecular formula is C79H55N3. The molecule has 0 saturated carbocycles. The summed E-state index contributed by atoms with van der Waals surface area (Å²) in [6, 6.07) is 110. The summed E-state index contributed by atoms with van der Waals surface area (Å²) in [6.45, 7) is 4.83. The van der Waals surface area contributed by atoms with Gasteiger partial charge in [-0.3, -0.25) is 0 Å². The number of fused-ring (bicyclic) bond motifs is 10. The lowest BCUT2D eigenvalue weighted by Crippen LogP contribution is -2.16. The van der Waals surface area contributed by atoms with E-state index in [2.05, 4.69) is 325 Å². The zero-order chi connectivity index (χ0) is 54.5. The second-order valence-electron chi connectivity index (χ2n) is 22.4. The van der Waals surface area contributed by atoms with Gasteiger partial charge in [-0.1, -0.05) is 226 Å². The molecule has 0 unspecified atom stereocenters. The lowest BCUT2D eigenvalue weighted by Gasteiger charge is -2.28. The first-order valence-electron chi connectivity index (χ1n) is 28.5. The fraction of sp³-hybridized carbons (Fsp3) is 0.0380. The van der Waals surface area contributed by atoms with Crippen LogP contribution in [0.5, 0.6) is 0 Å². The summed E-state index contributed by atoms with van der Waals surface area (Å²) in [5.74, 6) is 0. The third kappa shape index (κ3) is 7.51. The molecule has 16 rings (SSSR count). The van der Waals surface area contributed by atoms with Gasteiger partial charge in [0.2, 0.25) is 0 Å². The molecule has 3 nitrogen and oxygen atoms in total. The monoisotopic (exact) mass is 1050 g/mol. The molecule has 0 spiro atoms. The van der Waals surface area contributed by atoms with E-state index in [4.69, 9.17) is 0 Å². The number of anilines is 3. The zero-order valence-corrected chi connectivity index (χ0v) is 45.6. The number of hydrogen-bond donors (Lipinski definition) is 0. The lowest BCUT2D eigenvalue weighted by molar-refractivity contribution is 0.660. The van der Waals surface area contributed by atoms with Gasteiger partial charge < -0.3 is 14.0 Å². The first-order valence-corrected chi connectivity index (χ1v) is 28.5. The van der Waals surface area contributed by atoms with Gasteiger partial charge in [-0.15, -0.1) is 0 Å². The van der Waals surface area contributed by atoms with Crippen molar-refractivity contribution in [2.45, 2.75) is 19.3 Å². The van der Waals surface area contributed by atoms with E-state index in [1.54, 1.807) is 0 Å². The van der Waals surface area contributed by atoms with Gasteiger partial charge in [-0.2, -0.15) is 0 Å². The Labute approximate surface area is 477 Å². The van der Waals surface area contributed by atoms with E-state index >= 15 is 0 Å². The number of nitrogens with zero attached hydrogens (tertiary/aromatic N) is 3. The third-order valence-corrected chi connectivity index (χ3v) is 17.5. The zero-order valence-electron chi connectivity index (χ0n) is 45.6. The van der Waals surface area contributed by atoms with Gasteiger partial charge in [0.05, 0.1) is 22.2 Å². The first kappa shape index (κ1) is 47.5.